The number of halogens is 1. The number of aromatic nitrogens is 1. The zero-order valence-electron chi connectivity index (χ0n) is 15.4. The molecule has 2 aromatic rings. The van der Waals surface area contributed by atoms with E-state index in [1.54, 1.807) is 0 Å². The molecule has 4 rings (SSSR count). The van der Waals surface area contributed by atoms with Crippen LogP contribution in [-0.4, -0.2) is 23.6 Å². The topological polar surface area (TPSA) is 68.0 Å². The van der Waals surface area contributed by atoms with Gasteiger partial charge in [-0.3, -0.25) is 4.79 Å². The van der Waals surface area contributed by atoms with E-state index in [-0.39, 0.29) is 17.5 Å². The first-order chi connectivity index (χ1) is 13.0. The maximum atomic E-state index is 12.5. The van der Waals surface area contributed by atoms with Gasteiger partial charge < -0.3 is 11.1 Å². The van der Waals surface area contributed by atoms with E-state index in [1.165, 1.54) is 33.6 Å². The number of allylic oxidation sites excluding steroid dienone is 1. The highest BCUT2D eigenvalue weighted by Crippen LogP contribution is 2.62. The summed E-state index contributed by atoms with van der Waals surface area (Å²) in [4.78, 5) is 17.0. The third-order valence-corrected chi connectivity index (χ3v) is 7.00. The van der Waals surface area contributed by atoms with Crippen LogP contribution in [0.1, 0.15) is 42.2 Å². The van der Waals surface area contributed by atoms with Gasteiger partial charge in [-0.25, -0.2) is 9.37 Å². The fourth-order valence-electron chi connectivity index (χ4n) is 4.50. The molecule has 4 nitrogen and oxygen atoms in total. The van der Waals surface area contributed by atoms with E-state index < -0.39 is 6.67 Å². The number of nitrogens with zero attached hydrogens (tertiary/aromatic N) is 1. The lowest BCUT2D eigenvalue weighted by Gasteiger charge is -2.57. The standard InChI is InChI=1S/C21H24FN3OS/c1-13-2-3-18-17(8-13)25-20(27-18)15-9-21(10-15)11-16(12-21)24-19(26)14(4-6-22)5-7-23/h2-5,7-8,15-16H,6,9-12,23H2,1H3,(H,24,26)/b7-5-,14-4+. The van der Waals surface area contributed by atoms with Crippen LogP contribution in [0.5, 0.6) is 0 Å². The van der Waals surface area contributed by atoms with Gasteiger partial charge in [-0.15, -0.1) is 11.3 Å². The summed E-state index contributed by atoms with van der Waals surface area (Å²) in [6.45, 7) is 1.42. The molecule has 2 fully saturated rings. The molecule has 1 spiro atoms. The number of alkyl halides is 1. The molecule has 2 saturated carbocycles. The molecule has 0 saturated heterocycles. The molecule has 0 radical (unpaired) electrons. The minimum atomic E-state index is -0.676. The summed E-state index contributed by atoms with van der Waals surface area (Å²) in [5, 5.41) is 4.24. The smallest absolute Gasteiger partial charge is 0.251 e. The van der Waals surface area contributed by atoms with Gasteiger partial charge in [0.15, 0.2) is 0 Å². The summed E-state index contributed by atoms with van der Waals surface area (Å²) in [6, 6.07) is 6.62. The normalized spacial score (nSPS) is 27.7. The van der Waals surface area contributed by atoms with Gasteiger partial charge in [-0.2, -0.15) is 0 Å². The molecular weight excluding hydrogens is 361 g/mol. The summed E-state index contributed by atoms with van der Waals surface area (Å²) in [5.41, 5.74) is 8.32. The number of benzene rings is 1. The number of rotatable bonds is 5. The number of carbonyl (C=O) groups excluding carboxylic acids is 1. The second-order valence-electron chi connectivity index (χ2n) is 7.88. The maximum absolute atomic E-state index is 12.5. The average molecular weight is 386 g/mol. The fourth-order valence-corrected chi connectivity index (χ4v) is 5.55. The van der Waals surface area contributed by atoms with Crippen molar-refractivity contribution in [2.75, 3.05) is 6.67 Å². The van der Waals surface area contributed by atoms with Crippen LogP contribution in [0.15, 0.2) is 42.1 Å². The molecule has 142 valence electrons. The van der Waals surface area contributed by atoms with Gasteiger partial charge in [0.25, 0.3) is 5.91 Å². The average Bonchev–Trinajstić information content (AvgIpc) is 2.97. The predicted molar refractivity (Wildman–Crippen MR) is 107 cm³/mol. The van der Waals surface area contributed by atoms with Gasteiger partial charge in [0.05, 0.1) is 15.2 Å². The Labute approximate surface area is 162 Å². The van der Waals surface area contributed by atoms with Crippen LogP contribution in [-0.2, 0) is 4.79 Å². The Morgan fingerprint density at radius 1 is 1.41 bits per heavy atom. The zero-order chi connectivity index (χ0) is 19.0. The van der Waals surface area contributed by atoms with Crippen molar-refractivity contribution in [2.45, 2.75) is 44.6 Å². The molecule has 6 heteroatoms. The molecule has 2 aliphatic rings. The molecule has 1 aromatic heterocycles. The first-order valence-corrected chi connectivity index (χ1v) is 10.2. The number of nitrogens with two attached hydrogens (primary N) is 1. The van der Waals surface area contributed by atoms with Crippen molar-refractivity contribution in [3.63, 3.8) is 0 Å². The number of hydrogen-bond acceptors (Lipinski definition) is 4. The van der Waals surface area contributed by atoms with Crippen molar-refractivity contribution in [3.05, 3.63) is 52.7 Å². The van der Waals surface area contributed by atoms with Gasteiger partial charge >= 0.3 is 0 Å². The van der Waals surface area contributed by atoms with Gasteiger partial charge in [0.1, 0.15) is 6.67 Å². The number of nitrogens with one attached hydrogen (secondary N) is 1. The van der Waals surface area contributed by atoms with Gasteiger partial charge in [-0.1, -0.05) is 6.07 Å². The molecule has 1 aromatic carbocycles. The van der Waals surface area contributed by atoms with E-state index in [9.17, 15) is 9.18 Å². The molecular formula is C21H24FN3OS. The van der Waals surface area contributed by atoms with Gasteiger partial charge in [-0.05, 0) is 74.1 Å². The van der Waals surface area contributed by atoms with Crippen molar-refractivity contribution in [1.82, 2.24) is 10.3 Å². The third kappa shape index (κ3) is 3.50. The molecule has 0 atom stereocenters. The Hall–Kier alpha value is -2.21. The predicted octanol–water partition coefficient (Wildman–Crippen LogP) is 4.12. The lowest BCUT2D eigenvalue weighted by atomic mass is 9.50. The number of thiazole rings is 1. The highest BCUT2D eigenvalue weighted by Gasteiger charge is 2.54. The molecule has 0 unspecified atom stereocenters. The van der Waals surface area contributed by atoms with Gasteiger partial charge in [0, 0.05) is 17.5 Å². The number of carbonyl (C=O) groups is 1. The summed E-state index contributed by atoms with van der Waals surface area (Å²) in [5.74, 6) is 0.299. The summed E-state index contributed by atoms with van der Waals surface area (Å²) < 4.78 is 13.8. The van der Waals surface area contributed by atoms with Crippen LogP contribution in [0.2, 0.25) is 0 Å². The van der Waals surface area contributed by atoms with E-state index in [1.807, 2.05) is 11.3 Å². The number of hydrogen-bond donors (Lipinski definition) is 2. The lowest BCUT2D eigenvalue weighted by Crippen LogP contribution is -2.55. The van der Waals surface area contributed by atoms with Crippen molar-refractivity contribution < 1.29 is 9.18 Å². The van der Waals surface area contributed by atoms with Crippen molar-refractivity contribution in [2.24, 2.45) is 11.1 Å². The fraction of sp³-hybridized carbons (Fsp3) is 0.429. The molecule has 0 bridgehead atoms. The molecule has 2 aliphatic carbocycles. The maximum Gasteiger partial charge on any atom is 0.251 e. The lowest BCUT2D eigenvalue weighted by molar-refractivity contribution is -0.120. The monoisotopic (exact) mass is 385 g/mol. The first kappa shape index (κ1) is 18.2. The van der Waals surface area contributed by atoms with Crippen LogP contribution in [0.3, 0.4) is 0 Å². The minimum Gasteiger partial charge on any atom is -0.405 e. The Balaban J connectivity index is 1.31. The molecule has 3 N–H and O–H groups in total. The molecule has 1 amide bonds. The van der Waals surface area contributed by atoms with Crippen LogP contribution >= 0.6 is 11.3 Å². The van der Waals surface area contributed by atoms with E-state index in [0.717, 1.165) is 31.2 Å². The van der Waals surface area contributed by atoms with Crippen molar-refractivity contribution >= 4 is 27.5 Å². The summed E-state index contributed by atoms with van der Waals surface area (Å²) >= 11 is 1.81. The largest absolute Gasteiger partial charge is 0.405 e. The number of fused-ring (bicyclic) bond motifs is 1. The molecule has 1 heterocycles. The Kier molecular flexibility index (Phi) is 4.76. The van der Waals surface area contributed by atoms with Gasteiger partial charge in [0.2, 0.25) is 0 Å². The second kappa shape index (κ2) is 7.08. The number of amides is 1. The first-order valence-electron chi connectivity index (χ1n) is 9.34. The SMILES string of the molecule is Cc1ccc2sc(C3CC4(CC(NC(=O)C(/C=C\N)=C/CF)C4)C3)nc2c1. The summed E-state index contributed by atoms with van der Waals surface area (Å²) in [7, 11) is 0. The quantitative estimate of drug-likeness (QED) is 0.601. The van der Waals surface area contributed by atoms with Crippen molar-refractivity contribution in [1.29, 1.82) is 0 Å². The summed E-state index contributed by atoms with van der Waals surface area (Å²) in [6.07, 6.45) is 8.24. The van der Waals surface area contributed by atoms with E-state index in [0.29, 0.717) is 11.3 Å². The molecule has 0 aliphatic heterocycles. The Bertz CT molecular complexity index is 919. The van der Waals surface area contributed by atoms with E-state index in [2.05, 4.69) is 30.4 Å². The third-order valence-electron chi connectivity index (χ3n) is 5.80. The van der Waals surface area contributed by atoms with Crippen LogP contribution in [0.25, 0.3) is 10.2 Å². The van der Waals surface area contributed by atoms with Crippen LogP contribution in [0.4, 0.5) is 4.39 Å². The minimum absolute atomic E-state index is 0.172. The van der Waals surface area contributed by atoms with Crippen LogP contribution in [0, 0.1) is 12.3 Å². The van der Waals surface area contributed by atoms with E-state index >= 15 is 0 Å². The Morgan fingerprint density at radius 2 is 2.19 bits per heavy atom. The zero-order valence-corrected chi connectivity index (χ0v) is 16.2. The molecule has 27 heavy (non-hydrogen) atoms. The Morgan fingerprint density at radius 3 is 2.89 bits per heavy atom. The highest BCUT2D eigenvalue weighted by molar-refractivity contribution is 7.18. The highest BCUT2D eigenvalue weighted by atomic mass is 32.1. The van der Waals surface area contributed by atoms with E-state index in [4.69, 9.17) is 10.7 Å². The van der Waals surface area contributed by atoms with Crippen LogP contribution < -0.4 is 11.1 Å². The number of aryl methyl sites for hydroxylation is 1. The second-order valence-corrected chi connectivity index (χ2v) is 8.94. The van der Waals surface area contributed by atoms with Crippen molar-refractivity contribution in [3.8, 4) is 0 Å².